The molecule has 1 saturated carbocycles. The lowest BCUT2D eigenvalue weighted by Crippen LogP contribution is -2.40. The summed E-state index contributed by atoms with van der Waals surface area (Å²) in [5, 5.41) is 6.79. The summed E-state index contributed by atoms with van der Waals surface area (Å²) >= 11 is 0. The maximum Gasteiger partial charge on any atom is 0.222 e. The Hall–Kier alpha value is -0.570. The molecule has 0 bridgehead atoms. The normalized spacial score (nSPS) is 19.3. The van der Waals surface area contributed by atoms with Crippen LogP contribution < -0.4 is 10.6 Å². The standard InChI is InChI=1S/C20H38N4O2.HI/c1-3-21-19(22-13-8-15-24-14-7-9-18(24)25)23-17-20(10-5-6-11-20)12-16-26-4-2;/h3-17H2,1-2H3,(H2,21,22,23);1H. The molecule has 2 fully saturated rings. The molecule has 0 atom stereocenters. The first-order chi connectivity index (χ1) is 12.7. The molecule has 0 aromatic rings. The predicted octanol–water partition coefficient (Wildman–Crippen LogP) is 3.16. The van der Waals surface area contributed by atoms with Crippen molar-refractivity contribution >= 4 is 35.8 Å². The second-order valence-corrected chi connectivity index (χ2v) is 7.61. The van der Waals surface area contributed by atoms with E-state index < -0.39 is 0 Å². The number of carbonyl (C=O) groups excluding carboxylic acids is 1. The minimum Gasteiger partial charge on any atom is -0.382 e. The number of halogens is 1. The van der Waals surface area contributed by atoms with E-state index in [4.69, 9.17) is 9.73 Å². The lowest BCUT2D eigenvalue weighted by atomic mass is 9.83. The van der Waals surface area contributed by atoms with E-state index >= 15 is 0 Å². The molecule has 0 spiro atoms. The van der Waals surface area contributed by atoms with Crippen LogP contribution >= 0.6 is 24.0 Å². The number of hydrogen-bond donors (Lipinski definition) is 2. The number of carbonyl (C=O) groups is 1. The molecule has 1 aliphatic carbocycles. The first kappa shape index (κ1) is 24.5. The highest BCUT2D eigenvalue weighted by molar-refractivity contribution is 14.0. The van der Waals surface area contributed by atoms with Crippen LogP contribution in [-0.2, 0) is 9.53 Å². The quantitative estimate of drug-likeness (QED) is 0.201. The molecule has 27 heavy (non-hydrogen) atoms. The van der Waals surface area contributed by atoms with E-state index in [1.807, 2.05) is 4.90 Å². The number of aliphatic imine (C=N–C) groups is 1. The van der Waals surface area contributed by atoms with Gasteiger partial charge in [-0.25, -0.2) is 0 Å². The first-order valence-electron chi connectivity index (χ1n) is 10.6. The summed E-state index contributed by atoms with van der Waals surface area (Å²) in [7, 11) is 0. The van der Waals surface area contributed by atoms with Crippen LogP contribution in [0.5, 0.6) is 0 Å². The molecule has 0 aromatic carbocycles. The number of likely N-dealkylation sites (tertiary alicyclic amines) is 1. The Bertz CT molecular complexity index is 453. The van der Waals surface area contributed by atoms with Crippen molar-refractivity contribution in [2.24, 2.45) is 10.4 Å². The highest BCUT2D eigenvalue weighted by Crippen LogP contribution is 2.41. The van der Waals surface area contributed by atoms with Crippen molar-refractivity contribution in [3.8, 4) is 0 Å². The van der Waals surface area contributed by atoms with Crippen molar-refractivity contribution in [3.05, 3.63) is 0 Å². The van der Waals surface area contributed by atoms with Gasteiger partial charge in [0.05, 0.1) is 0 Å². The van der Waals surface area contributed by atoms with Crippen molar-refractivity contribution in [2.75, 3.05) is 45.9 Å². The Kier molecular flexibility index (Phi) is 12.3. The van der Waals surface area contributed by atoms with Gasteiger partial charge in [0.25, 0.3) is 0 Å². The monoisotopic (exact) mass is 494 g/mol. The molecular formula is C20H39IN4O2. The van der Waals surface area contributed by atoms with Crippen molar-refractivity contribution in [1.82, 2.24) is 15.5 Å². The fourth-order valence-corrected chi connectivity index (χ4v) is 4.05. The summed E-state index contributed by atoms with van der Waals surface area (Å²) in [5.74, 6) is 1.21. The highest BCUT2D eigenvalue weighted by atomic mass is 127. The number of amides is 1. The maximum absolute atomic E-state index is 11.7. The number of hydrogen-bond acceptors (Lipinski definition) is 3. The van der Waals surface area contributed by atoms with Gasteiger partial charge in [0, 0.05) is 52.4 Å². The Labute approximate surface area is 182 Å². The number of guanidine groups is 1. The molecule has 0 unspecified atom stereocenters. The van der Waals surface area contributed by atoms with Gasteiger partial charge in [-0.2, -0.15) is 0 Å². The van der Waals surface area contributed by atoms with Crippen LogP contribution in [0.4, 0.5) is 0 Å². The van der Waals surface area contributed by atoms with Gasteiger partial charge in [-0.05, 0) is 51.4 Å². The van der Waals surface area contributed by atoms with Gasteiger partial charge in [-0.15, -0.1) is 24.0 Å². The van der Waals surface area contributed by atoms with Crippen molar-refractivity contribution in [3.63, 3.8) is 0 Å². The zero-order valence-electron chi connectivity index (χ0n) is 17.2. The summed E-state index contributed by atoms with van der Waals surface area (Å²) in [6.07, 6.45) is 8.97. The zero-order chi connectivity index (χ0) is 18.7. The van der Waals surface area contributed by atoms with Gasteiger partial charge in [-0.1, -0.05) is 12.8 Å². The smallest absolute Gasteiger partial charge is 0.222 e. The van der Waals surface area contributed by atoms with Crippen LogP contribution in [-0.4, -0.2) is 62.7 Å². The minimum atomic E-state index is 0. The van der Waals surface area contributed by atoms with Crippen LogP contribution in [0.25, 0.3) is 0 Å². The van der Waals surface area contributed by atoms with Gasteiger partial charge >= 0.3 is 0 Å². The highest BCUT2D eigenvalue weighted by Gasteiger charge is 2.33. The lowest BCUT2D eigenvalue weighted by molar-refractivity contribution is -0.127. The third kappa shape index (κ3) is 8.54. The van der Waals surface area contributed by atoms with Crippen LogP contribution in [0.2, 0.25) is 0 Å². The van der Waals surface area contributed by atoms with Crippen molar-refractivity contribution < 1.29 is 9.53 Å². The van der Waals surface area contributed by atoms with E-state index in [9.17, 15) is 4.79 Å². The van der Waals surface area contributed by atoms with Crippen LogP contribution in [0.3, 0.4) is 0 Å². The summed E-state index contributed by atoms with van der Waals surface area (Å²) in [5.41, 5.74) is 0.319. The molecule has 2 rings (SSSR count). The first-order valence-corrected chi connectivity index (χ1v) is 10.6. The second kappa shape index (κ2) is 13.6. The molecule has 1 saturated heterocycles. The second-order valence-electron chi connectivity index (χ2n) is 7.61. The molecule has 6 nitrogen and oxygen atoms in total. The van der Waals surface area contributed by atoms with Gasteiger partial charge in [0.15, 0.2) is 5.96 Å². The molecular weight excluding hydrogens is 455 g/mol. The van der Waals surface area contributed by atoms with Gasteiger partial charge in [-0.3, -0.25) is 9.79 Å². The maximum atomic E-state index is 11.7. The number of nitrogens with zero attached hydrogens (tertiary/aromatic N) is 2. The number of ether oxygens (including phenoxy) is 1. The fourth-order valence-electron chi connectivity index (χ4n) is 4.05. The van der Waals surface area contributed by atoms with Gasteiger partial charge < -0.3 is 20.3 Å². The van der Waals surface area contributed by atoms with E-state index in [-0.39, 0.29) is 24.0 Å². The summed E-state index contributed by atoms with van der Waals surface area (Å²) in [6, 6.07) is 0. The molecule has 1 amide bonds. The van der Waals surface area contributed by atoms with Crippen molar-refractivity contribution in [1.29, 1.82) is 0 Å². The van der Waals surface area contributed by atoms with Crippen LogP contribution in [0.15, 0.2) is 4.99 Å². The molecule has 1 heterocycles. The summed E-state index contributed by atoms with van der Waals surface area (Å²) in [6.45, 7) is 10.2. The average Bonchev–Trinajstić information content (AvgIpc) is 3.26. The van der Waals surface area contributed by atoms with Crippen LogP contribution in [0, 0.1) is 5.41 Å². The molecule has 2 aliphatic rings. The zero-order valence-corrected chi connectivity index (χ0v) is 19.6. The molecule has 0 aromatic heterocycles. The van der Waals surface area contributed by atoms with Gasteiger partial charge in [0.2, 0.25) is 5.91 Å². The lowest BCUT2D eigenvalue weighted by Gasteiger charge is -2.27. The average molecular weight is 494 g/mol. The Balaban J connectivity index is 0.00000364. The number of rotatable bonds is 11. The fraction of sp³-hybridized carbons (Fsp3) is 0.900. The third-order valence-corrected chi connectivity index (χ3v) is 5.63. The van der Waals surface area contributed by atoms with E-state index in [2.05, 4.69) is 24.5 Å². The van der Waals surface area contributed by atoms with E-state index in [0.717, 1.165) is 77.6 Å². The molecule has 0 radical (unpaired) electrons. The third-order valence-electron chi connectivity index (χ3n) is 5.63. The number of nitrogens with one attached hydrogen (secondary N) is 2. The SMILES string of the molecule is CCNC(=NCC1(CCOCC)CCCC1)NCCCN1CCCC1=O.I. The molecule has 1 aliphatic heterocycles. The molecule has 2 N–H and O–H groups in total. The summed E-state index contributed by atoms with van der Waals surface area (Å²) < 4.78 is 5.60. The minimum absolute atomic E-state index is 0. The molecule has 158 valence electrons. The van der Waals surface area contributed by atoms with Gasteiger partial charge in [0.1, 0.15) is 0 Å². The topological polar surface area (TPSA) is 66.0 Å². The summed E-state index contributed by atoms with van der Waals surface area (Å²) in [4.78, 5) is 18.5. The van der Waals surface area contributed by atoms with Crippen LogP contribution in [0.1, 0.15) is 65.2 Å². The Morgan fingerprint density at radius 2 is 2.00 bits per heavy atom. The predicted molar refractivity (Wildman–Crippen MR) is 122 cm³/mol. The Morgan fingerprint density at radius 3 is 2.63 bits per heavy atom. The van der Waals surface area contributed by atoms with E-state index in [0.29, 0.717) is 11.3 Å². The largest absolute Gasteiger partial charge is 0.382 e. The Morgan fingerprint density at radius 1 is 1.22 bits per heavy atom. The van der Waals surface area contributed by atoms with E-state index in [1.54, 1.807) is 0 Å². The molecule has 7 heteroatoms. The van der Waals surface area contributed by atoms with Crippen molar-refractivity contribution in [2.45, 2.75) is 65.2 Å². The van der Waals surface area contributed by atoms with E-state index in [1.165, 1.54) is 25.7 Å².